The Morgan fingerprint density at radius 2 is 1.94 bits per heavy atom. The first-order valence-corrected chi connectivity index (χ1v) is 11.4. The summed E-state index contributed by atoms with van der Waals surface area (Å²) < 4.78 is 5.28. The van der Waals surface area contributed by atoms with E-state index in [0.29, 0.717) is 31.3 Å². The number of rotatable bonds is 7. The molecule has 1 aliphatic rings. The molecule has 0 saturated carbocycles. The van der Waals surface area contributed by atoms with Crippen LogP contribution in [0.4, 0.5) is 5.82 Å². The highest BCUT2D eigenvalue weighted by Gasteiger charge is 2.24. The molecule has 1 amide bonds. The van der Waals surface area contributed by atoms with Crippen LogP contribution in [0.25, 0.3) is 11.3 Å². The highest BCUT2D eigenvalue weighted by Crippen LogP contribution is 2.23. The first kappa shape index (κ1) is 23.7. The van der Waals surface area contributed by atoms with Crippen LogP contribution in [0, 0.1) is 0 Å². The predicted octanol–water partition coefficient (Wildman–Crippen LogP) is 2.41. The Bertz CT molecular complexity index is 913. The van der Waals surface area contributed by atoms with Gasteiger partial charge in [0.05, 0.1) is 19.3 Å². The zero-order valence-electron chi connectivity index (χ0n) is 19.2. The summed E-state index contributed by atoms with van der Waals surface area (Å²) in [4.78, 5) is 18.8. The lowest BCUT2D eigenvalue weighted by Gasteiger charge is -2.36. The zero-order chi connectivity index (χ0) is 23.1. The molecule has 0 atom stereocenters. The standard InChI is InChI=1S/C23H32N6O2S/c1-5-27(23(32)24-17(2)3)16-22(30)29-13-11-28(12-14-29)21-10-9-20(25-26-21)18-7-6-8-19(15-18)31-4/h6-10,15,17H,5,11-14,16H2,1-4H3,(H,24,32). The quantitative estimate of drug-likeness (QED) is 0.637. The molecule has 0 spiro atoms. The number of aromatic nitrogens is 2. The number of amides is 1. The van der Waals surface area contributed by atoms with Crippen LogP contribution in [-0.2, 0) is 4.79 Å². The Morgan fingerprint density at radius 3 is 2.53 bits per heavy atom. The van der Waals surface area contributed by atoms with E-state index in [4.69, 9.17) is 17.0 Å². The van der Waals surface area contributed by atoms with Gasteiger partial charge in [-0.25, -0.2) is 0 Å². The Kier molecular flexibility index (Phi) is 8.21. The summed E-state index contributed by atoms with van der Waals surface area (Å²) in [5.41, 5.74) is 1.76. The number of benzene rings is 1. The molecule has 32 heavy (non-hydrogen) atoms. The number of thiocarbonyl (C=S) groups is 1. The largest absolute Gasteiger partial charge is 0.497 e. The molecule has 172 valence electrons. The zero-order valence-corrected chi connectivity index (χ0v) is 20.1. The van der Waals surface area contributed by atoms with Crippen molar-refractivity contribution in [2.45, 2.75) is 26.8 Å². The van der Waals surface area contributed by atoms with Crippen molar-refractivity contribution < 1.29 is 9.53 Å². The van der Waals surface area contributed by atoms with Crippen molar-refractivity contribution in [1.29, 1.82) is 0 Å². The molecule has 0 radical (unpaired) electrons. The number of carbonyl (C=O) groups excluding carboxylic acids is 1. The minimum Gasteiger partial charge on any atom is -0.497 e. The second-order valence-corrected chi connectivity index (χ2v) is 8.38. The van der Waals surface area contributed by atoms with Crippen LogP contribution in [-0.4, -0.2) is 83.4 Å². The second kappa shape index (κ2) is 11.1. The van der Waals surface area contributed by atoms with Crippen LogP contribution in [0.1, 0.15) is 20.8 Å². The Hall–Kier alpha value is -2.94. The van der Waals surface area contributed by atoms with E-state index in [0.717, 1.165) is 35.9 Å². The maximum atomic E-state index is 12.8. The van der Waals surface area contributed by atoms with Gasteiger partial charge in [0.15, 0.2) is 10.9 Å². The van der Waals surface area contributed by atoms with Gasteiger partial charge in [-0.05, 0) is 57.3 Å². The minimum absolute atomic E-state index is 0.0962. The molecule has 1 fully saturated rings. The highest BCUT2D eigenvalue weighted by molar-refractivity contribution is 7.80. The van der Waals surface area contributed by atoms with Gasteiger partial charge in [-0.15, -0.1) is 10.2 Å². The van der Waals surface area contributed by atoms with Gasteiger partial charge in [-0.2, -0.15) is 0 Å². The number of nitrogens with zero attached hydrogens (tertiary/aromatic N) is 5. The molecular formula is C23H32N6O2S. The minimum atomic E-state index is 0.0962. The van der Waals surface area contributed by atoms with E-state index in [1.54, 1.807) is 7.11 Å². The molecule has 1 aliphatic heterocycles. The monoisotopic (exact) mass is 456 g/mol. The van der Waals surface area contributed by atoms with Gasteiger partial charge in [0.1, 0.15) is 5.75 Å². The summed E-state index contributed by atoms with van der Waals surface area (Å²) in [5, 5.41) is 12.6. The lowest BCUT2D eigenvalue weighted by Crippen LogP contribution is -2.53. The maximum Gasteiger partial charge on any atom is 0.242 e. The fourth-order valence-corrected chi connectivity index (χ4v) is 3.97. The third-order valence-electron chi connectivity index (χ3n) is 5.38. The topological polar surface area (TPSA) is 73.8 Å². The van der Waals surface area contributed by atoms with Crippen molar-refractivity contribution in [3.63, 3.8) is 0 Å². The Labute approximate surface area is 195 Å². The summed E-state index contributed by atoms with van der Waals surface area (Å²) in [7, 11) is 1.65. The molecule has 1 aromatic carbocycles. The molecule has 2 aromatic rings. The van der Waals surface area contributed by atoms with Gasteiger partial charge in [-0.1, -0.05) is 12.1 Å². The number of piperazine rings is 1. The highest BCUT2D eigenvalue weighted by atomic mass is 32.1. The fraction of sp³-hybridized carbons (Fsp3) is 0.478. The molecule has 0 bridgehead atoms. The Morgan fingerprint density at radius 1 is 1.19 bits per heavy atom. The number of anilines is 1. The van der Waals surface area contributed by atoms with Crippen LogP contribution in [0.15, 0.2) is 36.4 Å². The van der Waals surface area contributed by atoms with Crippen LogP contribution in [0.5, 0.6) is 5.75 Å². The van der Waals surface area contributed by atoms with Crippen molar-refractivity contribution in [3.8, 4) is 17.0 Å². The SMILES string of the molecule is CCN(CC(=O)N1CCN(c2ccc(-c3cccc(OC)c3)nn2)CC1)C(=S)NC(C)C. The average molecular weight is 457 g/mol. The molecule has 8 nitrogen and oxygen atoms in total. The van der Waals surface area contributed by atoms with E-state index >= 15 is 0 Å². The molecule has 1 N–H and O–H groups in total. The van der Waals surface area contributed by atoms with Gasteiger partial charge >= 0.3 is 0 Å². The van der Waals surface area contributed by atoms with E-state index in [9.17, 15) is 4.79 Å². The van der Waals surface area contributed by atoms with Crippen molar-refractivity contribution in [2.24, 2.45) is 0 Å². The van der Waals surface area contributed by atoms with Gasteiger partial charge in [0, 0.05) is 44.3 Å². The van der Waals surface area contributed by atoms with Crippen molar-refractivity contribution >= 4 is 29.1 Å². The van der Waals surface area contributed by atoms with Gasteiger partial charge in [-0.3, -0.25) is 4.79 Å². The molecule has 0 unspecified atom stereocenters. The van der Waals surface area contributed by atoms with Crippen molar-refractivity contribution in [1.82, 2.24) is 25.3 Å². The van der Waals surface area contributed by atoms with Crippen molar-refractivity contribution in [3.05, 3.63) is 36.4 Å². The summed E-state index contributed by atoms with van der Waals surface area (Å²) in [5.74, 6) is 1.71. The number of ether oxygens (including phenoxy) is 1. The van der Waals surface area contributed by atoms with Gasteiger partial charge < -0.3 is 24.8 Å². The molecule has 3 rings (SSSR count). The van der Waals surface area contributed by atoms with Crippen LogP contribution in [0.3, 0.4) is 0 Å². The molecular weight excluding hydrogens is 424 g/mol. The summed E-state index contributed by atoms with van der Waals surface area (Å²) in [6.45, 7) is 9.82. The Balaban J connectivity index is 1.54. The second-order valence-electron chi connectivity index (χ2n) is 7.99. The fourth-order valence-electron chi connectivity index (χ4n) is 3.54. The molecule has 1 aromatic heterocycles. The summed E-state index contributed by atoms with van der Waals surface area (Å²) >= 11 is 5.43. The van der Waals surface area contributed by atoms with E-state index < -0.39 is 0 Å². The predicted molar refractivity (Wildman–Crippen MR) is 131 cm³/mol. The van der Waals surface area contributed by atoms with E-state index in [1.807, 2.05) is 67.0 Å². The maximum absolute atomic E-state index is 12.8. The number of hydrogen-bond donors (Lipinski definition) is 1. The smallest absolute Gasteiger partial charge is 0.242 e. The van der Waals surface area contributed by atoms with Gasteiger partial charge in [0.2, 0.25) is 5.91 Å². The lowest BCUT2D eigenvalue weighted by atomic mass is 10.1. The van der Waals surface area contributed by atoms with Crippen LogP contribution >= 0.6 is 12.2 Å². The lowest BCUT2D eigenvalue weighted by molar-refractivity contribution is -0.131. The number of carbonyl (C=O) groups is 1. The first-order valence-electron chi connectivity index (χ1n) is 11.0. The van der Waals surface area contributed by atoms with E-state index in [-0.39, 0.29) is 11.9 Å². The molecule has 0 aliphatic carbocycles. The number of likely N-dealkylation sites (N-methyl/N-ethyl adjacent to an activating group) is 1. The number of nitrogens with one attached hydrogen (secondary N) is 1. The van der Waals surface area contributed by atoms with Crippen molar-refractivity contribution in [2.75, 3.05) is 51.3 Å². The average Bonchev–Trinajstić information content (AvgIpc) is 2.82. The van der Waals surface area contributed by atoms with Gasteiger partial charge in [0.25, 0.3) is 0 Å². The summed E-state index contributed by atoms with van der Waals surface area (Å²) in [6, 6.07) is 12.0. The summed E-state index contributed by atoms with van der Waals surface area (Å²) in [6.07, 6.45) is 0. The molecule has 1 saturated heterocycles. The van der Waals surface area contributed by atoms with E-state index in [2.05, 4.69) is 20.4 Å². The first-order chi connectivity index (χ1) is 15.4. The van der Waals surface area contributed by atoms with E-state index in [1.165, 1.54) is 0 Å². The molecule has 9 heteroatoms. The van der Waals surface area contributed by atoms with Crippen LogP contribution in [0.2, 0.25) is 0 Å². The molecule has 2 heterocycles. The third kappa shape index (κ3) is 6.06. The third-order valence-corrected chi connectivity index (χ3v) is 5.76. The number of hydrogen-bond acceptors (Lipinski definition) is 6. The normalized spacial score (nSPS) is 13.8. The van der Waals surface area contributed by atoms with Crippen LogP contribution < -0.4 is 15.0 Å². The number of methoxy groups -OCH3 is 1.